The number of nitriles is 1. The molecule has 80 valence electrons. The van der Waals surface area contributed by atoms with Gasteiger partial charge in [-0.25, -0.2) is 0 Å². The first-order valence-electron chi connectivity index (χ1n) is 5.26. The van der Waals surface area contributed by atoms with Gasteiger partial charge in [-0.15, -0.1) is 0 Å². The molecule has 1 aromatic carbocycles. The highest BCUT2D eigenvalue weighted by atomic mass is 16.5. The van der Waals surface area contributed by atoms with Gasteiger partial charge in [0, 0.05) is 0 Å². The van der Waals surface area contributed by atoms with Crippen molar-refractivity contribution in [2.24, 2.45) is 5.92 Å². The molecule has 2 nitrogen and oxygen atoms in total. The van der Waals surface area contributed by atoms with Crippen molar-refractivity contribution in [1.82, 2.24) is 0 Å². The van der Waals surface area contributed by atoms with Crippen molar-refractivity contribution in [1.29, 1.82) is 5.26 Å². The van der Waals surface area contributed by atoms with Gasteiger partial charge in [0.05, 0.1) is 12.0 Å². The fourth-order valence-corrected chi connectivity index (χ4v) is 1.22. The monoisotopic (exact) mass is 203 g/mol. The lowest BCUT2D eigenvalue weighted by molar-refractivity contribution is 0.288. The van der Waals surface area contributed by atoms with Gasteiger partial charge in [-0.1, -0.05) is 26.0 Å². The van der Waals surface area contributed by atoms with Crippen LogP contribution in [0.25, 0.3) is 0 Å². The maximum atomic E-state index is 8.63. The van der Waals surface area contributed by atoms with E-state index in [1.54, 1.807) is 0 Å². The number of ether oxygens (including phenoxy) is 1. The molecule has 15 heavy (non-hydrogen) atoms. The van der Waals surface area contributed by atoms with E-state index in [9.17, 15) is 0 Å². The molecule has 0 aliphatic carbocycles. The lowest BCUT2D eigenvalue weighted by atomic mass is 10.0. The first kappa shape index (κ1) is 11.6. The van der Waals surface area contributed by atoms with Crippen LogP contribution >= 0.6 is 0 Å². The minimum absolute atomic E-state index is 0.0623. The zero-order valence-electron chi connectivity index (χ0n) is 9.53. The molecule has 0 aliphatic heterocycles. The standard InChI is InChI=1S/C13H17NO/c1-10(2)12-5-4-6-13(7-12)15-9-11(3)8-14/h4-7,10-11H,9H2,1-3H3. The van der Waals surface area contributed by atoms with Crippen LogP contribution in [-0.4, -0.2) is 6.61 Å². The normalized spacial score (nSPS) is 12.2. The third-order valence-corrected chi connectivity index (χ3v) is 2.25. The Bertz CT molecular complexity index is 352. The van der Waals surface area contributed by atoms with E-state index in [4.69, 9.17) is 10.00 Å². The first-order chi connectivity index (χ1) is 7.13. The summed E-state index contributed by atoms with van der Waals surface area (Å²) in [6.07, 6.45) is 0. The van der Waals surface area contributed by atoms with Gasteiger partial charge < -0.3 is 4.74 Å². The summed E-state index contributed by atoms with van der Waals surface area (Å²) >= 11 is 0. The lowest BCUT2D eigenvalue weighted by Crippen LogP contribution is -2.06. The van der Waals surface area contributed by atoms with E-state index >= 15 is 0 Å². The van der Waals surface area contributed by atoms with Crippen molar-refractivity contribution in [2.45, 2.75) is 26.7 Å². The van der Waals surface area contributed by atoms with Gasteiger partial charge in [0.1, 0.15) is 12.4 Å². The zero-order valence-corrected chi connectivity index (χ0v) is 9.53. The van der Waals surface area contributed by atoms with Crippen molar-refractivity contribution >= 4 is 0 Å². The van der Waals surface area contributed by atoms with Crippen LogP contribution in [-0.2, 0) is 0 Å². The fraction of sp³-hybridized carbons (Fsp3) is 0.462. The van der Waals surface area contributed by atoms with Crippen molar-refractivity contribution in [3.63, 3.8) is 0 Å². The number of benzene rings is 1. The Kier molecular flexibility index (Phi) is 4.17. The maximum absolute atomic E-state index is 8.63. The molecule has 0 aliphatic rings. The van der Waals surface area contributed by atoms with Gasteiger partial charge >= 0.3 is 0 Å². The predicted octanol–water partition coefficient (Wildman–Crippen LogP) is 3.35. The summed E-state index contributed by atoms with van der Waals surface area (Å²) in [4.78, 5) is 0. The average molecular weight is 203 g/mol. The van der Waals surface area contributed by atoms with Crippen molar-refractivity contribution in [2.75, 3.05) is 6.61 Å². The Morgan fingerprint density at radius 1 is 1.33 bits per heavy atom. The SMILES string of the molecule is CC(C#N)COc1cccc(C(C)C)c1. The third-order valence-electron chi connectivity index (χ3n) is 2.25. The summed E-state index contributed by atoms with van der Waals surface area (Å²) in [6, 6.07) is 10.2. The van der Waals surface area contributed by atoms with Gasteiger partial charge in [0.2, 0.25) is 0 Å². The van der Waals surface area contributed by atoms with Gasteiger partial charge in [0.15, 0.2) is 0 Å². The molecule has 0 spiro atoms. The molecule has 0 saturated heterocycles. The minimum Gasteiger partial charge on any atom is -0.492 e. The second-order valence-corrected chi connectivity index (χ2v) is 4.07. The number of rotatable bonds is 4. The lowest BCUT2D eigenvalue weighted by Gasteiger charge is -2.10. The summed E-state index contributed by atoms with van der Waals surface area (Å²) in [5.41, 5.74) is 1.26. The van der Waals surface area contributed by atoms with Crippen LogP contribution in [0.1, 0.15) is 32.3 Å². The first-order valence-corrected chi connectivity index (χ1v) is 5.26. The van der Waals surface area contributed by atoms with Crippen LogP contribution in [0.15, 0.2) is 24.3 Å². The minimum atomic E-state index is -0.0623. The summed E-state index contributed by atoms with van der Waals surface area (Å²) in [7, 11) is 0. The van der Waals surface area contributed by atoms with E-state index in [1.165, 1.54) is 5.56 Å². The molecule has 1 aromatic rings. The van der Waals surface area contributed by atoms with Crippen LogP contribution in [0.3, 0.4) is 0 Å². The summed E-state index contributed by atoms with van der Waals surface area (Å²) in [5.74, 6) is 1.29. The van der Waals surface area contributed by atoms with E-state index < -0.39 is 0 Å². The molecule has 0 radical (unpaired) electrons. The zero-order chi connectivity index (χ0) is 11.3. The Labute approximate surface area is 91.5 Å². The number of hydrogen-bond donors (Lipinski definition) is 0. The van der Waals surface area contributed by atoms with Gasteiger partial charge in [-0.3, -0.25) is 0 Å². The van der Waals surface area contributed by atoms with E-state index in [0.29, 0.717) is 12.5 Å². The molecule has 0 fully saturated rings. The van der Waals surface area contributed by atoms with E-state index in [-0.39, 0.29) is 5.92 Å². The largest absolute Gasteiger partial charge is 0.492 e. The third kappa shape index (κ3) is 3.63. The Balaban J connectivity index is 2.62. The molecular weight excluding hydrogens is 186 g/mol. The van der Waals surface area contributed by atoms with Crippen LogP contribution < -0.4 is 4.74 Å². The molecule has 1 rings (SSSR count). The van der Waals surface area contributed by atoms with E-state index in [0.717, 1.165) is 5.75 Å². The molecule has 0 heterocycles. The average Bonchev–Trinajstić information content (AvgIpc) is 2.26. The van der Waals surface area contributed by atoms with Crippen LogP contribution in [0.4, 0.5) is 0 Å². The van der Waals surface area contributed by atoms with E-state index in [2.05, 4.69) is 26.0 Å². The number of hydrogen-bond acceptors (Lipinski definition) is 2. The molecule has 1 unspecified atom stereocenters. The summed E-state index contributed by atoms with van der Waals surface area (Å²) < 4.78 is 5.53. The topological polar surface area (TPSA) is 33.0 Å². The second kappa shape index (κ2) is 5.41. The van der Waals surface area contributed by atoms with Crippen LogP contribution in [0.5, 0.6) is 5.75 Å². The molecule has 0 N–H and O–H groups in total. The Morgan fingerprint density at radius 3 is 2.67 bits per heavy atom. The molecule has 1 atom stereocenters. The fourth-order valence-electron chi connectivity index (χ4n) is 1.22. The van der Waals surface area contributed by atoms with Gasteiger partial charge in [-0.2, -0.15) is 5.26 Å². The van der Waals surface area contributed by atoms with Crippen molar-refractivity contribution in [3.8, 4) is 11.8 Å². The van der Waals surface area contributed by atoms with Gasteiger partial charge in [0.25, 0.3) is 0 Å². The summed E-state index contributed by atoms with van der Waals surface area (Å²) in [6.45, 7) is 6.61. The van der Waals surface area contributed by atoms with Gasteiger partial charge in [-0.05, 0) is 30.5 Å². The van der Waals surface area contributed by atoms with Crippen LogP contribution in [0, 0.1) is 17.2 Å². The second-order valence-electron chi connectivity index (χ2n) is 4.07. The van der Waals surface area contributed by atoms with Crippen molar-refractivity contribution in [3.05, 3.63) is 29.8 Å². The van der Waals surface area contributed by atoms with Crippen molar-refractivity contribution < 1.29 is 4.74 Å². The number of nitrogens with zero attached hydrogens (tertiary/aromatic N) is 1. The highest BCUT2D eigenvalue weighted by Gasteiger charge is 2.03. The molecule has 2 heteroatoms. The highest BCUT2D eigenvalue weighted by Crippen LogP contribution is 2.20. The predicted molar refractivity (Wildman–Crippen MR) is 60.8 cm³/mol. The molecular formula is C13H17NO. The highest BCUT2D eigenvalue weighted by molar-refractivity contribution is 5.30. The smallest absolute Gasteiger partial charge is 0.119 e. The Hall–Kier alpha value is -1.49. The van der Waals surface area contributed by atoms with E-state index in [1.807, 2.05) is 25.1 Å². The maximum Gasteiger partial charge on any atom is 0.119 e. The molecule has 0 aromatic heterocycles. The Morgan fingerprint density at radius 2 is 2.07 bits per heavy atom. The molecule has 0 amide bonds. The quantitative estimate of drug-likeness (QED) is 0.751. The molecule has 0 saturated carbocycles. The molecule has 0 bridgehead atoms. The summed E-state index contributed by atoms with van der Waals surface area (Å²) in [5, 5.41) is 8.63. The van der Waals surface area contributed by atoms with Crippen LogP contribution in [0.2, 0.25) is 0 Å².